The van der Waals surface area contributed by atoms with Gasteiger partial charge in [-0.1, -0.05) is 31.5 Å². The number of carbonyl (C=O) groups is 1. The van der Waals surface area contributed by atoms with Crippen LogP contribution in [-0.4, -0.2) is 21.9 Å². The molecule has 3 N–H and O–H groups in total. The third-order valence-electron chi connectivity index (χ3n) is 3.82. The molecule has 1 heterocycles. The van der Waals surface area contributed by atoms with Gasteiger partial charge in [-0.15, -0.1) is 0 Å². The number of amides is 1. The van der Waals surface area contributed by atoms with E-state index in [9.17, 15) is 4.79 Å². The van der Waals surface area contributed by atoms with E-state index in [1.54, 1.807) is 13.8 Å². The molecule has 1 amide bonds. The highest BCUT2D eigenvalue weighted by atomic mass is 32.1. The normalized spacial score (nSPS) is 17.7. The second kappa shape index (κ2) is 6.35. The van der Waals surface area contributed by atoms with Crippen LogP contribution >= 0.6 is 12.2 Å². The Labute approximate surface area is 124 Å². The van der Waals surface area contributed by atoms with Crippen molar-refractivity contribution in [2.24, 2.45) is 11.7 Å². The summed E-state index contributed by atoms with van der Waals surface area (Å²) in [5.74, 6) is 0.776. The molecule has 1 unspecified atom stereocenters. The molecule has 1 aromatic heterocycles. The minimum absolute atomic E-state index is 0.250. The SMILES string of the molecule is Cc1nc(C)c(C(=O)NC(C(N)=S)C2CCCCC2)o1. The molecule has 1 aliphatic carbocycles. The number of aromatic nitrogens is 1. The lowest BCUT2D eigenvalue weighted by Crippen LogP contribution is -2.48. The van der Waals surface area contributed by atoms with Crippen LogP contribution in [0, 0.1) is 19.8 Å². The maximum atomic E-state index is 12.3. The van der Waals surface area contributed by atoms with Crippen LogP contribution in [0.2, 0.25) is 0 Å². The minimum Gasteiger partial charge on any atom is -0.436 e. The van der Waals surface area contributed by atoms with Gasteiger partial charge >= 0.3 is 0 Å². The van der Waals surface area contributed by atoms with E-state index in [0.717, 1.165) is 12.8 Å². The van der Waals surface area contributed by atoms with Crippen LogP contribution in [0.15, 0.2) is 4.42 Å². The number of hydrogen-bond donors (Lipinski definition) is 2. The van der Waals surface area contributed by atoms with E-state index in [0.29, 0.717) is 22.5 Å². The van der Waals surface area contributed by atoms with Gasteiger partial charge in [0.05, 0.1) is 16.7 Å². The summed E-state index contributed by atoms with van der Waals surface area (Å²) >= 11 is 5.12. The predicted octanol–water partition coefficient (Wildman–Crippen LogP) is 2.26. The van der Waals surface area contributed by atoms with E-state index in [1.807, 2.05) is 0 Å². The highest BCUT2D eigenvalue weighted by molar-refractivity contribution is 7.80. The van der Waals surface area contributed by atoms with Crippen LogP contribution in [0.25, 0.3) is 0 Å². The maximum Gasteiger partial charge on any atom is 0.289 e. The lowest BCUT2D eigenvalue weighted by molar-refractivity contribution is 0.0901. The van der Waals surface area contributed by atoms with Gasteiger partial charge < -0.3 is 15.5 Å². The molecule has 0 saturated heterocycles. The van der Waals surface area contributed by atoms with Gasteiger partial charge in [0.1, 0.15) is 0 Å². The van der Waals surface area contributed by atoms with Crippen LogP contribution < -0.4 is 11.1 Å². The highest BCUT2D eigenvalue weighted by Crippen LogP contribution is 2.27. The molecule has 6 heteroatoms. The molecule has 0 spiro atoms. The lowest BCUT2D eigenvalue weighted by atomic mass is 9.84. The van der Waals surface area contributed by atoms with Crippen molar-refractivity contribution in [2.75, 3.05) is 0 Å². The van der Waals surface area contributed by atoms with Gasteiger partial charge in [0.15, 0.2) is 5.89 Å². The van der Waals surface area contributed by atoms with Gasteiger partial charge in [-0.05, 0) is 25.7 Å². The zero-order valence-corrected chi connectivity index (χ0v) is 12.8. The molecule has 110 valence electrons. The molecule has 2 rings (SSSR count). The number of hydrogen-bond acceptors (Lipinski definition) is 4. The van der Waals surface area contributed by atoms with Crippen LogP contribution in [0.1, 0.15) is 54.2 Å². The summed E-state index contributed by atoms with van der Waals surface area (Å²) in [7, 11) is 0. The van der Waals surface area contributed by atoms with Crippen molar-refractivity contribution >= 4 is 23.1 Å². The number of aryl methyl sites for hydroxylation is 2. The van der Waals surface area contributed by atoms with Crippen LogP contribution in [0.4, 0.5) is 0 Å². The zero-order chi connectivity index (χ0) is 14.7. The second-order valence-corrected chi connectivity index (χ2v) is 5.87. The van der Waals surface area contributed by atoms with Crippen molar-refractivity contribution in [1.29, 1.82) is 0 Å². The van der Waals surface area contributed by atoms with Crippen LogP contribution in [0.3, 0.4) is 0 Å². The largest absolute Gasteiger partial charge is 0.436 e. The Morgan fingerprint density at radius 3 is 2.55 bits per heavy atom. The summed E-state index contributed by atoms with van der Waals surface area (Å²) in [5.41, 5.74) is 6.40. The number of rotatable bonds is 4. The summed E-state index contributed by atoms with van der Waals surface area (Å²) in [5, 5.41) is 2.92. The summed E-state index contributed by atoms with van der Waals surface area (Å²) < 4.78 is 5.34. The number of oxazole rings is 1. The Balaban J connectivity index is 2.09. The van der Waals surface area contributed by atoms with Crippen LogP contribution in [-0.2, 0) is 0 Å². The van der Waals surface area contributed by atoms with Crippen molar-refractivity contribution in [3.8, 4) is 0 Å². The van der Waals surface area contributed by atoms with E-state index in [1.165, 1.54) is 19.3 Å². The molecule has 1 fully saturated rings. The van der Waals surface area contributed by atoms with Gasteiger partial charge in [0.25, 0.3) is 5.91 Å². The number of nitrogens with one attached hydrogen (secondary N) is 1. The third-order valence-corrected chi connectivity index (χ3v) is 4.08. The highest BCUT2D eigenvalue weighted by Gasteiger charge is 2.29. The molecule has 0 aromatic carbocycles. The Morgan fingerprint density at radius 1 is 1.40 bits per heavy atom. The van der Waals surface area contributed by atoms with Crippen LogP contribution in [0.5, 0.6) is 0 Å². The van der Waals surface area contributed by atoms with E-state index in [2.05, 4.69) is 10.3 Å². The first-order valence-corrected chi connectivity index (χ1v) is 7.44. The minimum atomic E-state index is -0.286. The van der Waals surface area contributed by atoms with Gasteiger partial charge in [-0.25, -0.2) is 4.98 Å². The molecule has 5 nitrogen and oxygen atoms in total. The van der Waals surface area contributed by atoms with Crippen molar-refractivity contribution in [3.05, 3.63) is 17.3 Å². The van der Waals surface area contributed by atoms with E-state index >= 15 is 0 Å². The average Bonchev–Trinajstić information content (AvgIpc) is 2.75. The molecule has 20 heavy (non-hydrogen) atoms. The van der Waals surface area contributed by atoms with Gasteiger partial charge in [-0.2, -0.15) is 0 Å². The molecule has 1 atom stereocenters. The Morgan fingerprint density at radius 2 is 2.05 bits per heavy atom. The average molecular weight is 295 g/mol. The molecule has 0 aliphatic heterocycles. The molecule has 1 saturated carbocycles. The zero-order valence-electron chi connectivity index (χ0n) is 11.9. The molecule has 1 aliphatic rings. The Bertz CT molecular complexity index is 507. The number of nitrogens with zero attached hydrogens (tertiary/aromatic N) is 1. The summed E-state index contributed by atoms with van der Waals surface area (Å²) in [6.07, 6.45) is 5.68. The molecule has 0 bridgehead atoms. The fraction of sp³-hybridized carbons (Fsp3) is 0.643. The first-order chi connectivity index (χ1) is 9.49. The first kappa shape index (κ1) is 15.0. The fourth-order valence-electron chi connectivity index (χ4n) is 2.84. The maximum absolute atomic E-state index is 12.3. The molecular weight excluding hydrogens is 274 g/mol. The topological polar surface area (TPSA) is 81.2 Å². The Hall–Kier alpha value is -1.43. The number of nitrogens with two attached hydrogens (primary N) is 1. The summed E-state index contributed by atoms with van der Waals surface area (Å²) in [6.45, 7) is 3.47. The van der Waals surface area contributed by atoms with Crippen molar-refractivity contribution in [2.45, 2.75) is 52.0 Å². The van der Waals surface area contributed by atoms with Gasteiger partial charge in [-0.3, -0.25) is 4.79 Å². The first-order valence-electron chi connectivity index (χ1n) is 7.03. The number of carbonyl (C=O) groups excluding carboxylic acids is 1. The van der Waals surface area contributed by atoms with Gasteiger partial charge in [0.2, 0.25) is 5.76 Å². The fourth-order valence-corrected chi connectivity index (χ4v) is 3.09. The van der Waals surface area contributed by atoms with Crippen molar-refractivity contribution < 1.29 is 9.21 Å². The van der Waals surface area contributed by atoms with Crippen molar-refractivity contribution in [1.82, 2.24) is 10.3 Å². The van der Waals surface area contributed by atoms with E-state index < -0.39 is 0 Å². The molecule has 1 aromatic rings. The smallest absolute Gasteiger partial charge is 0.289 e. The molecule has 0 radical (unpaired) electrons. The Kier molecular flexibility index (Phi) is 4.75. The van der Waals surface area contributed by atoms with E-state index in [4.69, 9.17) is 22.4 Å². The van der Waals surface area contributed by atoms with E-state index in [-0.39, 0.29) is 17.7 Å². The quantitative estimate of drug-likeness (QED) is 0.833. The third kappa shape index (κ3) is 3.36. The number of thiocarbonyl (C=S) groups is 1. The molecular formula is C14H21N3O2S. The van der Waals surface area contributed by atoms with Gasteiger partial charge in [0, 0.05) is 6.92 Å². The monoisotopic (exact) mass is 295 g/mol. The van der Waals surface area contributed by atoms with Crippen molar-refractivity contribution in [3.63, 3.8) is 0 Å². The second-order valence-electron chi connectivity index (χ2n) is 5.40. The standard InChI is InChI=1S/C14H21N3O2S/c1-8-12(19-9(2)16-8)14(18)17-11(13(15)20)10-6-4-3-5-7-10/h10-11H,3-7H2,1-2H3,(H2,15,20)(H,17,18). The summed E-state index contributed by atoms with van der Waals surface area (Å²) in [6, 6.07) is -0.261. The predicted molar refractivity (Wildman–Crippen MR) is 80.6 cm³/mol. The summed E-state index contributed by atoms with van der Waals surface area (Å²) in [4.78, 5) is 16.7. The lowest BCUT2D eigenvalue weighted by Gasteiger charge is -2.29.